The molecule has 92 valence electrons. The van der Waals surface area contributed by atoms with Gasteiger partial charge in [0.1, 0.15) is 5.82 Å². The van der Waals surface area contributed by atoms with Crippen LogP contribution < -0.4 is 10.5 Å². The number of nitrogens with two attached hydrogens (primary N) is 1. The Labute approximate surface area is 100 Å². The molecule has 3 N–H and O–H groups in total. The van der Waals surface area contributed by atoms with Crippen molar-refractivity contribution in [3.63, 3.8) is 0 Å². The van der Waals surface area contributed by atoms with Crippen molar-refractivity contribution in [3.8, 4) is 12.3 Å². The molecular formula is C11H13FN2O2S. The fraction of sp³-hybridized carbons (Fsp3) is 0.273. The Morgan fingerprint density at radius 2 is 2.12 bits per heavy atom. The number of sulfonamides is 1. The van der Waals surface area contributed by atoms with Gasteiger partial charge in [-0.2, -0.15) is 4.72 Å². The lowest BCUT2D eigenvalue weighted by Crippen LogP contribution is -2.32. The van der Waals surface area contributed by atoms with Crippen LogP contribution in [0, 0.1) is 25.1 Å². The minimum Gasteiger partial charge on any atom is -0.399 e. The highest BCUT2D eigenvalue weighted by Crippen LogP contribution is 2.21. The summed E-state index contributed by atoms with van der Waals surface area (Å²) in [6.45, 7) is 2.87. The van der Waals surface area contributed by atoms with Crippen LogP contribution in [-0.4, -0.2) is 14.5 Å². The van der Waals surface area contributed by atoms with Crippen LogP contribution in [0.2, 0.25) is 0 Å². The van der Waals surface area contributed by atoms with Gasteiger partial charge in [0.2, 0.25) is 10.0 Å². The Hall–Kier alpha value is -1.58. The van der Waals surface area contributed by atoms with Crippen molar-refractivity contribution in [2.45, 2.75) is 24.8 Å². The van der Waals surface area contributed by atoms with Gasteiger partial charge < -0.3 is 5.73 Å². The fourth-order valence-corrected chi connectivity index (χ4v) is 2.74. The minimum absolute atomic E-state index is 0.0101. The van der Waals surface area contributed by atoms with Gasteiger partial charge in [0.25, 0.3) is 0 Å². The fourth-order valence-electron chi connectivity index (χ4n) is 1.28. The topological polar surface area (TPSA) is 72.2 Å². The minimum atomic E-state index is -3.86. The van der Waals surface area contributed by atoms with Crippen LogP contribution >= 0.6 is 0 Å². The van der Waals surface area contributed by atoms with Crippen LogP contribution in [0.3, 0.4) is 0 Å². The van der Waals surface area contributed by atoms with E-state index in [9.17, 15) is 12.8 Å². The summed E-state index contributed by atoms with van der Waals surface area (Å²) in [6.07, 6.45) is 5.08. The Morgan fingerprint density at radius 3 is 2.65 bits per heavy atom. The normalized spacial score (nSPS) is 13.1. The molecule has 1 atom stereocenters. The van der Waals surface area contributed by atoms with Crippen LogP contribution in [0.1, 0.15) is 12.5 Å². The summed E-state index contributed by atoms with van der Waals surface area (Å²) >= 11 is 0. The van der Waals surface area contributed by atoms with E-state index in [4.69, 9.17) is 12.2 Å². The first-order chi connectivity index (χ1) is 7.77. The maximum atomic E-state index is 13.4. The molecule has 0 radical (unpaired) electrons. The van der Waals surface area contributed by atoms with Crippen LogP contribution in [0.4, 0.5) is 10.1 Å². The highest BCUT2D eigenvalue weighted by molar-refractivity contribution is 7.89. The Morgan fingerprint density at radius 1 is 1.53 bits per heavy atom. The van der Waals surface area contributed by atoms with E-state index in [0.29, 0.717) is 0 Å². The smallest absolute Gasteiger partial charge is 0.242 e. The Kier molecular flexibility index (Phi) is 3.76. The van der Waals surface area contributed by atoms with Crippen molar-refractivity contribution in [2.24, 2.45) is 0 Å². The predicted octanol–water partition coefficient (Wildman–Crippen LogP) is 1.02. The molecule has 6 heteroatoms. The monoisotopic (exact) mass is 256 g/mol. The first-order valence-corrected chi connectivity index (χ1v) is 6.30. The summed E-state index contributed by atoms with van der Waals surface area (Å²) in [4.78, 5) is -0.197. The third-order valence-corrected chi connectivity index (χ3v) is 3.86. The van der Waals surface area contributed by atoms with Crippen LogP contribution in [0.15, 0.2) is 17.0 Å². The number of nitrogens with one attached hydrogen (secondary N) is 1. The van der Waals surface area contributed by atoms with E-state index in [1.165, 1.54) is 19.9 Å². The largest absolute Gasteiger partial charge is 0.399 e. The molecule has 0 spiro atoms. The number of halogens is 1. The van der Waals surface area contributed by atoms with Crippen molar-refractivity contribution in [3.05, 3.63) is 23.5 Å². The second kappa shape index (κ2) is 4.73. The van der Waals surface area contributed by atoms with E-state index in [1.807, 2.05) is 0 Å². The molecular weight excluding hydrogens is 243 g/mol. The van der Waals surface area contributed by atoms with Crippen molar-refractivity contribution in [1.82, 2.24) is 4.72 Å². The molecule has 0 amide bonds. The number of hydrogen-bond donors (Lipinski definition) is 2. The molecule has 1 rings (SSSR count). The summed E-state index contributed by atoms with van der Waals surface area (Å²) < 4.78 is 39.4. The van der Waals surface area contributed by atoms with E-state index in [1.54, 1.807) is 0 Å². The zero-order valence-corrected chi connectivity index (χ0v) is 10.3. The van der Waals surface area contributed by atoms with Gasteiger partial charge in [0.05, 0.1) is 10.9 Å². The molecule has 4 nitrogen and oxygen atoms in total. The van der Waals surface area contributed by atoms with Gasteiger partial charge in [0.15, 0.2) is 0 Å². The average molecular weight is 256 g/mol. The average Bonchev–Trinajstić information content (AvgIpc) is 2.22. The van der Waals surface area contributed by atoms with Crippen molar-refractivity contribution >= 4 is 15.7 Å². The molecule has 1 unspecified atom stereocenters. The van der Waals surface area contributed by atoms with E-state index in [-0.39, 0.29) is 16.1 Å². The summed E-state index contributed by atoms with van der Waals surface area (Å²) in [7, 11) is -3.86. The molecule has 0 saturated carbocycles. The second-order valence-corrected chi connectivity index (χ2v) is 5.32. The third-order valence-electron chi connectivity index (χ3n) is 2.19. The van der Waals surface area contributed by atoms with Gasteiger partial charge in [-0.15, -0.1) is 6.42 Å². The molecule has 17 heavy (non-hydrogen) atoms. The Balaban J connectivity index is 3.30. The lowest BCUT2D eigenvalue weighted by atomic mass is 10.2. The quantitative estimate of drug-likeness (QED) is 0.626. The molecule has 0 aliphatic heterocycles. The third kappa shape index (κ3) is 2.96. The highest BCUT2D eigenvalue weighted by atomic mass is 32.2. The van der Waals surface area contributed by atoms with Gasteiger partial charge >= 0.3 is 0 Å². The molecule has 0 aliphatic carbocycles. The number of nitrogen functional groups attached to an aromatic ring is 1. The van der Waals surface area contributed by atoms with Gasteiger partial charge in [-0.3, -0.25) is 0 Å². The standard InChI is InChI=1S/C11H13FN2O2S/c1-4-7(2)14-17(15,16)11-6-9(13)5-10(12)8(11)3/h1,5-7,14H,13H2,2-3H3. The molecule has 1 aromatic rings. The maximum Gasteiger partial charge on any atom is 0.242 e. The van der Waals surface area contributed by atoms with E-state index in [0.717, 1.165) is 6.07 Å². The van der Waals surface area contributed by atoms with E-state index >= 15 is 0 Å². The zero-order valence-electron chi connectivity index (χ0n) is 9.49. The predicted molar refractivity (Wildman–Crippen MR) is 64.2 cm³/mol. The number of hydrogen-bond acceptors (Lipinski definition) is 3. The first kappa shape index (κ1) is 13.5. The number of terminal acetylenes is 1. The molecule has 0 aliphatic rings. The summed E-state index contributed by atoms with van der Waals surface area (Å²) in [5.41, 5.74) is 5.47. The van der Waals surface area contributed by atoms with Gasteiger partial charge in [-0.25, -0.2) is 12.8 Å². The number of rotatable bonds is 3. The molecule has 0 saturated heterocycles. The molecule has 0 aromatic heterocycles. The van der Waals surface area contributed by atoms with Crippen molar-refractivity contribution in [1.29, 1.82) is 0 Å². The van der Waals surface area contributed by atoms with Crippen molar-refractivity contribution in [2.75, 3.05) is 5.73 Å². The number of anilines is 1. The van der Waals surface area contributed by atoms with E-state index < -0.39 is 21.9 Å². The molecule has 1 aromatic carbocycles. The number of benzene rings is 1. The van der Waals surface area contributed by atoms with Crippen LogP contribution in [0.25, 0.3) is 0 Å². The molecule has 0 heterocycles. The van der Waals surface area contributed by atoms with Gasteiger partial charge in [-0.1, -0.05) is 5.92 Å². The first-order valence-electron chi connectivity index (χ1n) is 4.82. The van der Waals surface area contributed by atoms with Crippen LogP contribution in [0.5, 0.6) is 0 Å². The summed E-state index contributed by atoms with van der Waals surface area (Å²) in [5.74, 6) is 1.56. The summed E-state index contributed by atoms with van der Waals surface area (Å²) in [6, 6.07) is 1.59. The van der Waals surface area contributed by atoms with Crippen LogP contribution in [-0.2, 0) is 10.0 Å². The maximum absolute atomic E-state index is 13.4. The lowest BCUT2D eigenvalue weighted by molar-refractivity contribution is 0.571. The van der Waals surface area contributed by atoms with Gasteiger partial charge in [0, 0.05) is 11.3 Å². The van der Waals surface area contributed by atoms with Gasteiger partial charge in [-0.05, 0) is 26.0 Å². The highest BCUT2D eigenvalue weighted by Gasteiger charge is 2.21. The molecule has 0 bridgehead atoms. The van der Waals surface area contributed by atoms with Crippen molar-refractivity contribution < 1.29 is 12.8 Å². The lowest BCUT2D eigenvalue weighted by Gasteiger charge is -2.12. The van der Waals surface area contributed by atoms with E-state index in [2.05, 4.69) is 10.6 Å². The Bertz CT molecular complexity index is 576. The zero-order chi connectivity index (χ0) is 13.2. The second-order valence-electron chi connectivity index (χ2n) is 3.64. The SMILES string of the molecule is C#CC(C)NS(=O)(=O)c1cc(N)cc(F)c1C. The molecule has 0 fully saturated rings. The summed E-state index contributed by atoms with van der Waals surface area (Å²) in [5, 5.41) is 0.